The van der Waals surface area contributed by atoms with E-state index in [4.69, 9.17) is 4.74 Å². The van der Waals surface area contributed by atoms with Crippen LogP contribution >= 0.6 is 0 Å². The number of sulfonamides is 1. The van der Waals surface area contributed by atoms with Crippen LogP contribution in [0.5, 0.6) is 0 Å². The molecule has 0 aromatic heterocycles. The maximum Gasteiger partial charge on any atom is 0.331 e. The third-order valence-corrected chi connectivity index (χ3v) is 4.51. The molecule has 0 radical (unpaired) electrons. The van der Waals surface area contributed by atoms with E-state index < -0.39 is 34.5 Å². The molecule has 2 rings (SSSR count). The standard InChI is InChI=1S/C15H17N3O5S/c1-3-8-16-13(19)9-23-15(20)10(2)17-14-11-6-4-5-7-12(11)24(21,22)18-14/h3-7,10H,1,8-9H2,2H3,(H,16,19)(H,17,18)/t10-/m1/s1. The van der Waals surface area contributed by atoms with Crippen molar-refractivity contribution in [3.05, 3.63) is 42.5 Å². The molecule has 9 heteroatoms. The van der Waals surface area contributed by atoms with Crippen LogP contribution in [0.15, 0.2) is 46.8 Å². The van der Waals surface area contributed by atoms with Gasteiger partial charge >= 0.3 is 5.97 Å². The first kappa shape index (κ1) is 17.7. The average Bonchev–Trinajstić information content (AvgIpc) is 2.81. The molecule has 0 unspecified atom stereocenters. The molecule has 1 aliphatic rings. The lowest BCUT2D eigenvalue weighted by molar-refractivity contribution is -0.149. The van der Waals surface area contributed by atoms with Crippen LogP contribution in [0, 0.1) is 0 Å². The van der Waals surface area contributed by atoms with Crippen molar-refractivity contribution in [3.63, 3.8) is 0 Å². The van der Waals surface area contributed by atoms with Crippen molar-refractivity contribution in [2.75, 3.05) is 13.2 Å². The number of ether oxygens (including phenoxy) is 1. The van der Waals surface area contributed by atoms with E-state index in [0.717, 1.165) is 0 Å². The number of hydrogen-bond donors (Lipinski definition) is 2. The summed E-state index contributed by atoms with van der Waals surface area (Å²) < 4.78 is 31.1. The second kappa shape index (κ2) is 7.26. The van der Waals surface area contributed by atoms with Crippen LogP contribution in [0.4, 0.5) is 0 Å². The molecule has 1 amide bonds. The SMILES string of the molecule is C=CCNC(=O)COC(=O)[C@@H](C)N=C1NS(=O)(=O)c2ccccc21. The van der Waals surface area contributed by atoms with Crippen LogP contribution in [0.25, 0.3) is 0 Å². The molecule has 0 bridgehead atoms. The molecule has 0 aliphatic carbocycles. The minimum Gasteiger partial charge on any atom is -0.454 e. The monoisotopic (exact) mass is 351 g/mol. The van der Waals surface area contributed by atoms with Gasteiger partial charge in [-0.3, -0.25) is 14.5 Å². The summed E-state index contributed by atoms with van der Waals surface area (Å²) in [7, 11) is -3.67. The third kappa shape index (κ3) is 3.99. The van der Waals surface area contributed by atoms with Crippen molar-refractivity contribution in [3.8, 4) is 0 Å². The van der Waals surface area contributed by atoms with Crippen LogP contribution in [0.3, 0.4) is 0 Å². The van der Waals surface area contributed by atoms with Crippen LogP contribution in [0.1, 0.15) is 12.5 Å². The first-order valence-corrected chi connectivity index (χ1v) is 8.57. The Bertz CT molecular complexity index is 801. The summed E-state index contributed by atoms with van der Waals surface area (Å²) in [6, 6.07) is 5.34. The van der Waals surface area contributed by atoms with Gasteiger partial charge < -0.3 is 10.1 Å². The number of aliphatic imine (C=N–C) groups is 1. The number of carbonyl (C=O) groups excluding carboxylic acids is 2. The summed E-state index contributed by atoms with van der Waals surface area (Å²) in [5.41, 5.74) is 0.390. The molecule has 24 heavy (non-hydrogen) atoms. The topological polar surface area (TPSA) is 114 Å². The third-order valence-electron chi connectivity index (χ3n) is 3.12. The molecular weight excluding hydrogens is 334 g/mol. The van der Waals surface area contributed by atoms with Gasteiger partial charge in [0, 0.05) is 12.1 Å². The zero-order valence-corrected chi connectivity index (χ0v) is 13.8. The maximum absolute atomic E-state index is 12.0. The zero-order chi connectivity index (χ0) is 17.7. The van der Waals surface area contributed by atoms with Crippen LogP contribution in [0.2, 0.25) is 0 Å². The Balaban J connectivity index is 2.05. The molecule has 0 saturated heterocycles. The van der Waals surface area contributed by atoms with Crippen LogP contribution in [-0.2, 0) is 24.3 Å². The lowest BCUT2D eigenvalue weighted by atomic mass is 10.2. The second-order valence-corrected chi connectivity index (χ2v) is 6.61. The van der Waals surface area contributed by atoms with Gasteiger partial charge in [-0.1, -0.05) is 18.2 Å². The minimum absolute atomic E-state index is 0.0751. The van der Waals surface area contributed by atoms with Crippen LogP contribution in [-0.4, -0.2) is 45.3 Å². The highest BCUT2D eigenvalue weighted by Gasteiger charge is 2.31. The number of nitrogens with zero attached hydrogens (tertiary/aromatic N) is 1. The predicted molar refractivity (Wildman–Crippen MR) is 86.9 cm³/mol. The lowest BCUT2D eigenvalue weighted by Gasteiger charge is -2.09. The van der Waals surface area contributed by atoms with Gasteiger partial charge in [0.1, 0.15) is 11.9 Å². The van der Waals surface area contributed by atoms with Crippen LogP contribution < -0.4 is 10.0 Å². The number of fused-ring (bicyclic) bond motifs is 1. The quantitative estimate of drug-likeness (QED) is 0.551. The number of carbonyl (C=O) groups is 2. The van der Waals surface area contributed by atoms with E-state index in [9.17, 15) is 18.0 Å². The van der Waals surface area contributed by atoms with E-state index >= 15 is 0 Å². The normalized spacial score (nSPS) is 17.5. The Kier molecular flexibility index (Phi) is 5.35. The molecular formula is C15H17N3O5S. The van der Waals surface area contributed by atoms with Gasteiger partial charge in [-0.05, 0) is 19.1 Å². The smallest absolute Gasteiger partial charge is 0.331 e. The Morgan fingerprint density at radius 2 is 2.12 bits per heavy atom. The maximum atomic E-state index is 12.0. The largest absolute Gasteiger partial charge is 0.454 e. The predicted octanol–water partition coefficient (Wildman–Crippen LogP) is -0.0410. The Morgan fingerprint density at radius 1 is 1.42 bits per heavy atom. The van der Waals surface area contributed by atoms with Crippen molar-refractivity contribution in [2.45, 2.75) is 17.9 Å². The number of hydrogen-bond acceptors (Lipinski definition) is 6. The molecule has 0 spiro atoms. The first-order valence-electron chi connectivity index (χ1n) is 7.09. The number of amidine groups is 1. The van der Waals surface area contributed by atoms with E-state index in [2.05, 4.69) is 21.6 Å². The summed E-state index contributed by atoms with van der Waals surface area (Å²) >= 11 is 0. The number of amides is 1. The molecule has 8 nitrogen and oxygen atoms in total. The highest BCUT2D eigenvalue weighted by atomic mass is 32.2. The van der Waals surface area contributed by atoms with Gasteiger partial charge in [-0.25, -0.2) is 13.2 Å². The zero-order valence-electron chi connectivity index (χ0n) is 13.0. The summed E-state index contributed by atoms with van der Waals surface area (Å²) in [5.74, 6) is -1.12. The first-order chi connectivity index (χ1) is 11.3. The van der Waals surface area contributed by atoms with Crippen molar-refractivity contribution in [2.24, 2.45) is 4.99 Å². The van der Waals surface area contributed by atoms with Gasteiger partial charge in [0.2, 0.25) is 0 Å². The van der Waals surface area contributed by atoms with E-state index in [0.29, 0.717) is 5.56 Å². The molecule has 0 fully saturated rings. The summed E-state index contributed by atoms with van der Waals surface area (Å²) in [6.07, 6.45) is 1.50. The van der Waals surface area contributed by atoms with E-state index in [1.165, 1.54) is 19.1 Å². The van der Waals surface area contributed by atoms with Crippen molar-refractivity contribution in [1.82, 2.24) is 10.0 Å². The van der Waals surface area contributed by atoms with Crippen molar-refractivity contribution < 1.29 is 22.7 Å². The summed E-state index contributed by atoms with van der Waals surface area (Å²) in [6.45, 7) is 4.73. The number of benzene rings is 1. The number of esters is 1. The minimum atomic E-state index is -3.67. The van der Waals surface area contributed by atoms with Gasteiger partial charge in [-0.15, -0.1) is 6.58 Å². The van der Waals surface area contributed by atoms with E-state index in [1.54, 1.807) is 18.2 Å². The Hall–Kier alpha value is -2.68. The molecule has 0 saturated carbocycles. The Labute approximate surface area is 139 Å². The number of nitrogens with one attached hydrogen (secondary N) is 2. The molecule has 1 aliphatic heterocycles. The molecule has 1 heterocycles. The summed E-state index contributed by atoms with van der Waals surface area (Å²) in [4.78, 5) is 27.4. The van der Waals surface area contributed by atoms with Crippen molar-refractivity contribution >= 4 is 27.7 Å². The van der Waals surface area contributed by atoms with E-state index in [1.807, 2.05) is 0 Å². The average molecular weight is 351 g/mol. The molecule has 128 valence electrons. The fourth-order valence-electron chi connectivity index (χ4n) is 1.97. The van der Waals surface area contributed by atoms with Gasteiger partial charge in [0.25, 0.3) is 15.9 Å². The Morgan fingerprint density at radius 3 is 2.83 bits per heavy atom. The molecule has 2 N–H and O–H groups in total. The van der Waals surface area contributed by atoms with Crippen molar-refractivity contribution in [1.29, 1.82) is 0 Å². The van der Waals surface area contributed by atoms with Gasteiger partial charge in [-0.2, -0.15) is 0 Å². The highest BCUT2D eigenvalue weighted by Crippen LogP contribution is 2.22. The highest BCUT2D eigenvalue weighted by molar-refractivity contribution is 7.90. The second-order valence-electron chi connectivity index (χ2n) is 4.96. The lowest BCUT2D eigenvalue weighted by Crippen LogP contribution is -2.31. The fraction of sp³-hybridized carbons (Fsp3) is 0.267. The van der Waals surface area contributed by atoms with E-state index in [-0.39, 0.29) is 17.3 Å². The van der Waals surface area contributed by atoms with Gasteiger partial charge in [0.05, 0.1) is 4.90 Å². The molecule has 1 aromatic rings. The fourth-order valence-corrected chi connectivity index (χ4v) is 3.21. The molecule has 1 aromatic carbocycles. The number of rotatable bonds is 6. The molecule has 1 atom stereocenters. The van der Waals surface area contributed by atoms with Gasteiger partial charge in [0.15, 0.2) is 6.61 Å². The summed E-state index contributed by atoms with van der Waals surface area (Å²) in [5, 5.41) is 2.46.